The summed E-state index contributed by atoms with van der Waals surface area (Å²) in [5, 5.41) is 6.05. The molecule has 1 unspecified atom stereocenters. The standard InChI is InChI=1S/C19H23N3O3S/c1-11(2)18(16-6-5-7-26-16)20-10-17-21-13-9-15(25-4)14(24-3)8-12(13)19(23)22-17/h5-9,11,18,20H,10H2,1-4H3,(H,21,22,23). The second-order valence-corrected chi connectivity index (χ2v) is 7.33. The number of thiophene rings is 1. The Bertz CT molecular complexity index is 935. The van der Waals surface area contributed by atoms with Crippen LogP contribution in [0.15, 0.2) is 34.4 Å². The fourth-order valence-electron chi connectivity index (χ4n) is 2.94. The molecule has 1 aromatic carbocycles. The zero-order valence-electron chi connectivity index (χ0n) is 15.3. The Hall–Kier alpha value is -2.38. The van der Waals surface area contributed by atoms with Crippen molar-refractivity contribution >= 4 is 22.2 Å². The molecule has 2 aromatic heterocycles. The first-order chi connectivity index (χ1) is 12.5. The molecule has 1 atom stereocenters. The van der Waals surface area contributed by atoms with Crippen molar-refractivity contribution in [2.24, 2.45) is 5.92 Å². The van der Waals surface area contributed by atoms with Crippen LogP contribution in [0, 0.1) is 5.92 Å². The molecule has 0 saturated carbocycles. The van der Waals surface area contributed by atoms with E-state index in [2.05, 4.69) is 40.6 Å². The van der Waals surface area contributed by atoms with Crippen molar-refractivity contribution in [1.29, 1.82) is 0 Å². The van der Waals surface area contributed by atoms with Crippen LogP contribution in [0.3, 0.4) is 0 Å². The predicted octanol–water partition coefficient (Wildman–Crippen LogP) is 3.49. The molecule has 3 aromatic rings. The summed E-state index contributed by atoms with van der Waals surface area (Å²) in [6.45, 7) is 4.82. The molecule has 0 radical (unpaired) electrons. The number of nitrogens with zero attached hydrogens (tertiary/aromatic N) is 1. The first-order valence-corrected chi connectivity index (χ1v) is 9.33. The van der Waals surface area contributed by atoms with Crippen LogP contribution >= 0.6 is 11.3 Å². The minimum atomic E-state index is -0.190. The monoisotopic (exact) mass is 373 g/mol. The van der Waals surface area contributed by atoms with Gasteiger partial charge in [0.25, 0.3) is 5.56 Å². The van der Waals surface area contributed by atoms with E-state index in [-0.39, 0.29) is 11.6 Å². The third-order valence-corrected chi connectivity index (χ3v) is 5.22. The number of fused-ring (bicyclic) bond motifs is 1. The molecule has 2 heterocycles. The number of H-pyrrole nitrogens is 1. The maximum absolute atomic E-state index is 12.5. The van der Waals surface area contributed by atoms with Crippen molar-refractivity contribution in [3.05, 3.63) is 50.7 Å². The number of rotatable bonds is 7. The van der Waals surface area contributed by atoms with Gasteiger partial charge in [0, 0.05) is 17.0 Å². The molecule has 0 amide bonds. The molecular formula is C19H23N3O3S. The molecular weight excluding hydrogens is 350 g/mol. The highest BCUT2D eigenvalue weighted by atomic mass is 32.1. The molecule has 7 heteroatoms. The quantitative estimate of drug-likeness (QED) is 0.663. The van der Waals surface area contributed by atoms with Crippen LogP contribution < -0.4 is 20.3 Å². The summed E-state index contributed by atoms with van der Waals surface area (Å²) in [7, 11) is 3.10. The zero-order chi connectivity index (χ0) is 18.7. The number of methoxy groups -OCH3 is 2. The van der Waals surface area contributed by atoms with Crippen molar-refractivity contribution in [3.63, 3.8) is 0 Å². The van der Waals surface area contributed by atoms with E-state index in [0.29, 0.717) is 40.7 Å². The first kappa shape index (κ1) is 18.4. The number of aromatic nitrogens is 2. The molecule has 0 spiro atoms. The smallest absolute Gasteiger partial charge is 0.258 e. The molecule has 138 valence electrons. The van der Waals surface area contributed by atoms with Crippen molar-refractivity contribution in [2.45, 2.75) is 26.4 Å². The Balaban J connectivity index is 1.90. The van der Waals surface area contributed by atoms with Crippen molar-refractivity contribution < 1.29 is 9.47 Å². The van der Waals surface area contributed by atoms with E-state index >= 15 is 0 Å². The van der Waals surface area contributed by atoms with Crippen LogP contribution in [0.5, 0.6) is 11.5 Å². The van der Waals surface area contributed by atoms with Gasteiger partial charge in [-0.3, -0.25) is 4.79 Å². The van der Waals surface area contributed by atoms with E-state index in [4.69, 9.17) is 9.47 Å². The normalized spacial score (nSPS) is 12.5. The van der Waals surface area contributed by atoms with Crippen LogP contribution in [0.2, 0.25) is 0 Å². The van der Waals surface area contributed by atoms with E-state index < -0.39 is 0 Å². The second-order valence-electron chi connectivity index (χ2n) is 6.35. The summed E-state index contributed by atoms with van der Waals surface area (Å²) in [5.41, 5.74) is 0.394. The van der Waals surface area contributed by atoms with Gasteiger partial charge >= 0.3 is 0 Å². The van der Waals surface area contributed by atoms with Gasteiger partial charge in [0.15, 0.2) is 11.5 Å². The largest absolute Gasteiger partial charge is 0.493 e. The van der Waals surface area contributed by atoms with Gasteiger partial charge in [-0.15, -0.1) is 11.3 Å². The minimum absolute atomic E-state index is 0.190. The highest BCUT2D eigenvalue weighted by Crippen LogP contribution is 2.30. The predicted molar refractivity (Wildman–Crippen MR) is 104 cm³/mol. The number of aromatic amines is 1. The lowest BCUT2D eigenvalue weighted by Crippen LogP contribution is -2.26. The highest BCUT2D eigenvalue weighted by molar-refractivity contribution is 7.10. The second kappa shape index (κ2) is 7.88. The molecule has 0 fully saturated rings. The van der Waals surface area contributed by atoms with Crippen LogP contribution in [-0.2, 0) is 6.54 Å². The van der Waals surface area contributed by atoms with Gasteiger partial charge in [-0.2, -0.15) is 0 Å². The Labute approximate surface area is 156 Å². The molecule has 2 N–H and O–H groups in total. The van der Waals surface area contributed by atoms with Gasteiger partial charge in [-0.25, -0.2) is 4.98 Å². The van der Waals surface area contributed by atoms with Crippen LogP contribution in [0.1, 0.15) is 30.6 Å². The summed E-state index contributed by atoms with van der Waals surface area (Å²) in [6.07, 6.45) is 0. The topological polar surface area (TPSA) is 76.2 Å². The Morgan fingerprint density at radius 2 is 1.96 bits per heavy atom. The molecule has 26 heavy (non-hydrogen) atoms. The van der Waals surface area contributed by atoms with Crippen molar-refractivity contribution in [3.8, 4) is 11.5 Å². The van der Waals surface area contributed by atoms with E-state index in [9.17, 15) is 4.79 Å². The number of ether oxygens (including phenoxy) is 2. The maximum atomic E-state index is 12.5. The first-order valence-electron chi connectivity index (χ1n) is 8.45. The summed E-state index contributed by atoms with van der Waals surface area (Å²) in [6, 6.07) is 7.76. The molecule has 3 rings (SSSR count). The highest BCUT2D eigenvalue weighted by Gasteiger charge is 2.17. The van der Waals surface area contributed by atoms with Crippen LogP contribution in [0.4, 0.5) is 0 Å². The molecule has 0 aliphatic heterocycles. The van der Waals surface area contributed by atoms with E-state index in [1.165, 1.54) is 4.88 Å². The molecule has 0 saturated heterocycles. The molecule has 6 nitrogen and oxygen atoms in total. The molecule has 0 bridgehead atoms. The van der Waals surface area contributed by atoms with Crippen LogP contribution in [0.25, 0.3) is 10.9 Å². The minimum Gasteiger partial charge on any atom is -0.493 e. The van der Waals surface area contributed by atoms with Crippen molar-refractivity contribution in [1.82, 2.24) is 15.3 Å². The maximum Gasteiger partial charge on any atom is 0.258 e. The SMILES string of the molecule is COc1cc2nc(CNC(c3cccs3)C(C)C)[nH]c(=O)c2cc1OC. The fourth-order valence-corrected chi connectivity index (χ4v) is 3.91. The number of hydrogen-bond acceptors (Lipinski definition) is 6. The van der Waals surface area contributed by atoms with Crippen LogP contribution in [-0.4, -0.2) is 24.2 Å². The Kier molecular flexibility index (Phi) is 5.58. The average molecular weight is 373 g/mol. The Morgan fingerprint density at radius 1 is 1.23 bits per heavy atom. The lowest BCUT2D eigenvalue weighted by Gasteiger charge is -2.21. The third kappa shape index (κ3) is 3.73. The van der Waals surface area contributed by atoms with Gasteiger partial charge in [-0.1, -0.05) is 19.9 Å². The zero-order valence-corrected chi connectivity index (χ0v) is 16.1. The van der Waals surface area contributed by atoms with Gasteiger partial charge < -0.3 is 19.8 Å². The lowest BCUT2D eigenvalue weighted by atomic mass is 10.0. The van der Waals surface area contributed by atoms with E-state index in [1.54, 1.807) is 37.7 Å². The molecule has 0 aliphatic rings. The number of nitrogens with one attached hydrogen (secondary N) is 2. The van der Waals surface area contributed by atoms with E-state index in [1.807, 2.05) is 6.07 Å². The lowest BCUT2D eigenvalue weighted by molar-refractivity contribution is 0.355. The van der Waals surface area contributed by atoms with Gasteiger partial charge in [-0.05, 0) is 23.4 Å². The average Bonchev–Trinajstić information content (AvgIpc) is 3.15. The summed E-state index contributed by atoms with van der Waals surface area (Å²) < 4.78 is 10.6. The number of hydrogen-bond donors (Lipinski definition) is 2. The summed E-state index contributed by atoms with van der Waals surface area (Å²) >= 11 is 1.72. The fraction of sp³-hybridized carbons (Fsp3) is 0.368. The third-order valence-electron chi connectivity index (χ3n) is 4.27. The van der Waals surface area contributed by atoms with Gasteiger partial charge in [0.2, 0.25) is 0 Å². The summed E-state index contributed by atoms with van der Waals surface area (Å²) in [5.74, 6) is 2.08. The number of benzene rings is 1. The van der Waals surface area contributed by atoms with Gasteiger partial charge in [0.1, 0.15) is 5.82 Å². The Morgan fingerprint density at radius 3 is 2.58 bits per heavy atom. The van der Waals surface area contributed by atoms with E-state index in [0.717, 1.165) is 0 Å². The van der Waals surface area contributed by atoms with Crippen molar-refractivity contribution in [2.75, 3.05) is 14.2 Å². The summed E-state index contributed by atoms with van der Waals surface area (Å²) in [4.78, 5) is 21.2. The molecule has 0 aliphatic carbocycles. The van der Waals surface area contributed by atoms with Gasteiger partial charge in [0.05, 0.1) is 31.7 Å².